The standard InChI is InChI=1S/C17H32N4O2/c1-6-21(12-15(22)23-17(2,3)4)14-10-13(11-14)19-16-18-8-7-9-20(16)5/h13-14H,6-12H2,1-5H3,(H,18,19). The van der Waals surface area contributed by atoms with Gasteiger partial charge in [-0.05, 0) is 46.6 Å². The van der Waals surface area contributed by atoms with Crippen molar-refractivity contribution < 1.29 is 9.53 Å². The first-order valence-corrected chi connectivity index (χ1v) is 8.76. The first-order valence-electron chi connectivity index (χ1n) is 8.76. The number of carbonyl (C=O) groups is 1. The van der Waals surface area contributed by atoms with Crippen molar-refractivity contribution in [3.8, 4) is 0 Å². The molecule has 0 amide bonds. The predicted molar refractivity (Wildman–Crippen MR) is 92.6 cm³/mol. The number of esters is 1. The summed E-state index contributed by atoms with van der Waals surface area (Å²) in [5.74, 6) is 0.891. The second-order valence-electron chi connectivity index (χ2n) is 7.60. The molecule has 6 heteroatoms. The normalized spacial score (nSPS) is 25.0. The molecule has 0 atom stereocenters. The van der Waals surface area contributed by atoms with Gasteiger partial charge in [-0.15, -0.1) is 0 Å². The maximum Gasteiger partial charge on any atom is 0.320 e. The van der Waals surface area contributed by atoms with Gasteiger partial charge in [0.2, 0.25) is 0 Å². The lowest BCUT2D eigenvalue weighted by Crippen LogP contribution is -2.57. The number of rotatable bonds is 5. The van der Waals surface area contributed by atoms with E-state index in [1.54, 1.807) is 0 Å². The number of guanidine groups is 1. The van der Waals surface area contributed by atoms with Crippen LogP contribution in [0, 0.1) is 0 Å². The SMILES string of the molecule is CCN(CC(=O)OC(C)(C)C)C1CC(NC2=NCCCN2C)C1. The minimum Gasteiger partial charge on any atom is -0.459 e. The number of carbonyl (C=O) groups excluding carboxylic acids is 1. The Morgan fingerprint density at radius 2 is 2.13 bits per heavy atom. The molecule has 0 aromatic carbocycles. The van der Waals surface area contributed by atoms with E-state index in [4.69, 9.17) is 4.74 Å². The van der Waals surface area contributed by atoms with E-state index in [1.165, 1.54) is 0 Å². The Morgan fingerprint density at radius 3 is 2.70 bits per heavy atom. The molecule has 132 valence electrons. The van der Waals surface area contributed by atoms with Crippen LogP contribution in [0.15, 0.2) is 4.99 Å². The fraction of sp³-hybridized carbons (Fsp3) is 0.882. The summed E-state index contributed by atoms with van der Waals surface area (Å²) >= 11 is 0. The zero-order chi connectivity index (χ0) is 17.0. The van der Waals surface area contributed by atoms with Gasteiger partial charge in [0.05, 0.1) is 6.54 Å². The molecule has 1 N–H and O–H groups in total. The number of hydrogen-bond acceptors (Lipinski definition) is 6. The van der Waals surface area contributed by atoms with E-state index >= 15 is 0 Å². The van der Waals surface area contributed by atoms with Gasteiger partial charge in [-0.1, -0.05) is 6.92 Å². The van der Waals surface area contributed by atoms with Crippen LogP contribution >= 0.6 is 0 Å². The third kappa shape index (κ3) is 5.37. The largest absolute Gasteiger partial charge is 0.459 e. The van der Waals surface area contributed by atoms with Crippen molar-refractivity contribution in [2.24, 2.45) is 4.99 Å². The Balaban J connectivity index is 1.75. The van der Waals surface area contributed by atoms with Gasteiger partial charge in [0, 0.05) is 32.2 Å². The molecule has 0 bridgehead atoms. The first-order chi connectivity index (χ1) is 10.8. The summed E-state index contributed by atoms with van der Waals surface area (Å²) in [6, 6.07) is 0.923. The quantitative estimate of drug-likeness (QED) is 0.776. The summed E-state index contributed by atoms with van der Waals surface area (Å²) < 4.78 is 5.43. The van der Waals surface area contributed by atoms with Crippen LogP contribution in [0.4, 0.5) is 0 Å². The van der Waals surface area contributed by atoms with Crippen molar-refractivity contribution in [1.29, 1.82) is 0 Å². The van der Waals surface area contributed by atoms with Gasteiger partial charge in [0.25, 0.3) is 0 Å². The maximum atomic E-state index is 12.0. The predicted octanol–water partition coefficient (Wildman–Crippen LogP) is 1.46. The topological polar surface area (TPSA) is 57.2 Å². The van der Waals surface area contributed by atoms with Crippen LogP contribution in [0.5, 0.6) is 0 Å². The van der Waals surface area contributed by atoms with Gasteiger partial charge in [0.1, 0.15) is 5.60 Å². The lowest BCUT2D eigenvalue weighted by Gasteiger charge is -2.44. The number of aliphatic imine (C=N–C) groups is 1. The molecule has 6 nitrogen and oxygen atoms in total. The zero-order valence-corrected chi connectivity index (χ0v) is 15.3. The highest BCUT2D eigenvalue weighted by Crippen LogP contribution is 2.26. The van der Waals surface area contributed by atoms with E-state index in [2.05, 4.69) is 34.1 Å². The van der Waals surface area contributed by atoms with E-state index < -0.39 is 5.60 Å². The third-order valence-corrected chi connectivity index (χ3v) is 4.40. The molecular weight excluding hydrogens is 292 g/mol. The van der Waals surface area contributed by atoms with Crippen molar-refractivity contribution >= 4 is 11.9 Å². The lowest BCUT2D eigenvalue weighted by atomic mass is 9.85. The van der Waals surface area contributed by atoms with Crippen LogP contribution in [0.2, 0.25) is 0 Å². The molecule has 0 aromatic heterocycles. The van der Waals surface area contributed by atoms with Gasteiger partial charge >= 0.3 is 5.97 Å². The van der Waals surface area contributed by atoms with Crippen molar-refractivity contribution in [2.75, 3.05) is 33.2 Å². The summed E-state index contributed by atoms with van der Waals surface area (Å²) in [5.41, 5.74) is -0.413. The van der Waals surface area contributed by atoms with Gasteiger partial charge in [-0.2, -0.15) is 0 Å². The van der Waals surface area contributed by atoms with Crippen LogP contribution in [0.3, 0.4) is 0 Å². The minimum atomic E-state index is -0.413. The Bertz CT molecular complexity index is 438. The summed E-state index contributed by atoms with van der Waals surface area (Å²) in [6.07, 6.45) is 3.25. The minimum absolute atomic E-state index is 0.132. The van der Waals surface area contributed by atoms with Crippen molar-refractivity contribution in [3.05, 3.63) is 0 Å². The number of likely N-dealkylation sites (N-methyl/N-ethyl adjacent to an activating group) is 1. The van der Waals surface area contributed by atoms with E-state index in [-0.39, 0.29) is 5.97 Å². The molecule has 0 saturated heterocycles. The molecule has 1 saturated carbocycles. The smallest absolute Gasteiger partial charge is 0.320 e. The Kier molecular flexibility index (Phi) is 5.89. The highest BCUT2D eigenvalue weighted by atomic mass is 16.6. The first kappa shape index (κ1) is 18.0. The van der Waals surface area contributed by atoms with E-state index in [0.29, 0.717) is 18.6 Å². The molecule has 0 unspecified atom stereocenters. The second kappa shape index (κ2) is 7.51. The summed E-state index contributed by atoms with van der Waals surface area (Å²) in [6.45, 7) is 11.1. The molecule has 23 heavy (non-hydrogen) atoms. The molecule has 2 rings (SSSR count). The van der Waals surface area contributed by atoms with Gasteiger partial charge in [0.15, 0.2) is 5.96 Å². The van der Waals surface area contributed by atoms with Gasteiger partial charge in [-0.25, -0.2) is 0 Å². The molecular formula is C17H32N4O2. The van der Waals surface area contributed by atoms with Crippen LogP contribution in [0.25, 0.3) is 0 Å². The summed E-state index contributed by atoms with van der Waals surface area (Å²) in [4.78, 5) is 21.0. The van der Waals surface area contributed by atoms with Gasteiger partial charge in [-0.3, -0.25) is 14.7 Å². The van der Waals surface area contributed by atoms with E-state index in [0.717, 1.165) is 44.9 Å². The average molecular weight is 324 g/mol. The van der Waals surface area contributed by atoms with Crippen LogP contribution in [-0.2, 0) is 9.53 Å². The molecule has 0 aromatic rings. The fourth-order valence-corrected chi connectivity index (χ4v) is 3.10. The highest BCUT2D eigenvalue weighted by molar-refractivity contribution is 5.80. The van der Waals surface area contributed by atoms with Crippen molar-refractivity contribution in [2.45, 2.75) is 64.6 Å². The number of nitrogens with zero attached hydrogens (tertiary/aromatic N) is 3. The van der Waals surface area contributed by atoms with E-state index in [9.17, 15) is 4.79 Å². The van der Waals surface area contributed by atoms with Crippen molar-refractivity contribution in [3.63, 3.8) is 0 Å². The summed E-state index contributed by atoms with van der Waals surface area (Å²) in [7, 11) is 2.09. The van der Waals surface area contributed by atoms with Gasteiger partial charge < -0.3 is 15.0 Å². The summed E-state index contributed by atoms with van der Waals surface area (Å²) in [5, 5.41) is 3.54. The molecule has 1 fully saturated rings. The maximum absolute atomic E-state index is 12.0. The molecule has 1 aliphatic heterocycles. The number of hydrogen-bond donors (Lipinski definition) is 1. The average Bonchev–Trinajstić information content (AvgIpc) is 2.40. The second-order valence-corrected chi connectivity index (χ2v) is 7.60. The molecule has 1 heterocycles. The Morgan fingerprint density at radius 1 is 1.43 bits per heavy atom. The lowest BCUT2D eigenvalue weighted by molar-refractivity contribution is -0.157. The van der Waals surface area contributed by atoms with Crippen LogP contribution in [-0.4, -0.2) is 72.6 Å². The molecule has 0 radical (unpaired) electrons. The monoisotopic (exact) mass is 324 g/mol. The zero-order valence-electron chi connectivity index (χ0n) is 15.3. The molecule has 2 aliphatic rings. The van der Waals surface area contributed by atoms with Crippen LogP contribution in [0.1, 0.15) is 47.0 Å². The Labute approximate surface area is 140 Å². The third-order valence-electron chi connectivity index (χ3n) is 4.40. The van der Waals surface area contributed by atoms with E-state index in [1.807, 2.05) is 20.8 Å². The molecule has 0 spiro atoms. The van der Waals surface area contributed by atoms with Crippen LogP contribution < -0.4 is 5.32 Å². The molecule has 1 aliphatic carbocycles. The Hall–Kier alpha value is -1.30. The fourth-order valence-electron chi connectivity index (χ4n) is 3.10. The number of ether oxygens (including phenoxy) is 1. The highest BCUT2D eigenvalue weighted by Gasteiger charge is 2.35. The number of nitrogens with one attached hydrogen (secondary N) is 1. The van der Waals surface area contributed by atoms with Crippen molar-refractivity contribution in [1.82, 2.24) is 15.1 Å².